The lowest BCUT2D eigenvalue weighted by Crippen LogP contribution is -1.89. The van der Waals surface area contributed by atoms with Gasteiger partial charge in [-0.15, -0.1) is 23.2 Å². The fraction of sp³-hybridized carbons (Fsp3) is 0.800. The first-order valence-corrected chi connectivity index (χ1v) is 3.86. The van der Waals surface area contributed by atoms with E-state index >= 15 is 0 Å². The monoisotopic (exact) mass is 206 g/mol. The van der Waals surface area contributed by atoms with E-state index in [1.807, 2.05) is 0 Å². The molecule has 0 N–H and O–H groups in total. The van der Waals surface area contributed by atoms with Gasteiger partial charge >= 0.3 is 5.43 Å². The highest BCUT2D eigenvalue weighted by Crippen LogP contribution is 1.95. The third kappa shape index (κ3) is 40.3. The van der Waals surface area contributed by atoms with Crippen molar-refractivity contribution >= 4 is 40.2 Å². The molecule has 0 heterocycles. The topological polar surface area (TPSA) is 26.3 Å². The summed E-state index contributed by atoms with van der Waals surface area (Å²) in [5.41, 5.74) is -0.738. The lowest BCUT2D eigenvalue weighted by Gasteiger charge is -1.86. The summed E-state index contributed by atoms with van der Waals surface area (Å²) in [5, 5.41) is 0. The molecule has 0 aliphatic rings. The van der Waals surface area contributed by atoms with Crippen molar-refractivity contribution in [2.45, 2.75) is 18.7 Å². The summed E-state index contributed by atoms with van der Waals surface area (Å²) in [4.78, 5) is 9.36. The molecule has 5 heteroatoms. The molecule has 0 rings (SSSR count). The highest BCUT2D eigenvalue weighted by atomic mass is 35.5. The van der Waals surface area contributed by atoms with Gasteiger partial charge in [-0.1, -0.05) is 0 Å². The van der Waals surface area contributed by atoms with Crippen molar-refractivity contribution in [1.82, 2.24) is 0 Å². The lowest BCUT2D eigenvalue weighted by molar-refractivity contribution is 0.180. The first-order valence-electron chi connectivity index (χ1n) is 2.61. The first kappa shape index (κ1) is 13.0. The van der Waals surface area contributed by atoms with E-state index < -0.39 is 5.43 Å². The molecule has 0 saturated heterocycles. The highest BCUT2D eigenvalue weighted by Gasteiger charge is 1.86. The Kier molecular flexibility index (Phi) is 12.1. The van der Waals surface area contributed by atoms with Crippen LogP contribution in [0.3, 0.4) is 0 Å². The number of carbonyl (C=O) groups excluding carboxylic acids is 1. The molecule has 0 aromatic rings. The molecule has 0 aliphatic carbocycles. The van der Waals surface area contributed by atoms with Crippen LogP contribution in [-0.4, -0.2) is 16.9 Å². The van der Waals surface area contributed by atoms with E-state index in [1.54, 1.807) is 13.8 Å². The minimum absolute atomic E-state index is 0.222. The SMILES string of the molecule is CC(Cl)Cl.CCOC(=O)Cl. The van der Waals surface area contributed by atoms with E-state index in [9.17, 15) is 4.79 Å². The van der Waals surface area contributed by atoms with E-state index in [0.717, 1.165) is 0 Å². The summed E-state index contributed by atoms with van der Waals surface area (Å²) in [6.07, 6.45) is 0. The zero-order valence-corrected chi connectivity index (χ0v) is 8.00. The summed E-state index contributed by atoms with van der Waals surface area (Å²) in [6, 6.07) is 0. The first-order chi connectivity index (χ1) is 4.50. The van der Waals surface area contributed by atoms with E-state index in [1.165, 1.54) is 0 Å². The molecule has 2 nitrogen and oxygen atoms in total. The van der Waals surface area contributed by atoms with Crippen molar-refractivity contribution in [2.75, 3.05) is 6.61 Å². The molecular weight excluding hydrogens is 198 g/mol. The van der Waals surface area contributed by atoms with Crippen LogP contribution in [0.4, 0.5) is 4.79 Å². The maximum atomic E-state index is 9.59. The van der Waals surface area contributed by atoms with Crippen LogP contribution in [0.5, 0.6) is 0 Å². The van der Waals surface area contributed by atoms with E-state index in [-0.39, 0.29) is 4.84 Å². The molecule has 0 spiro atoms. The second-order valence-corrected chi connectivity index (χ2v) is 3.03. The highest BCUT2D eigenvalue weighted by molar-refractivity contribution is 6.61. The molecule has 0 aliphatic heterocycles. The van der Waals surface area contributed by atoms with Crippen LogP contribution < -0.4 is 0 Å². The van der Waals surface area contributed by atoms with Gasteiger partial charge in [-0.2, -0.15) is 0 Å². The fourth-order valence-electron chi connectivity index (χ4n) is 0.113. The van der Waals surface area contributed by atoms with Crippen molar-refractivity contribution in [2.24, 2.45) is 0 Å². The number of ether oxygens (including phenoxy) is 1. The van der Waals surface area contributed by atoms with Gasteiger partial charge in [0.15, 0.2) is 0 Å². The number of alkyl halides is 2. The summed E-state index contributed by atoms with van der Waals surface area (Å²) in [7, 11) is 0. The Balaban J connectivity index is 0. The van der Waals surface area contributed by atoms with Crippen molar-refractivity contribution in [1.29, 1.82) is 0 Å². The van der Waals surface area contributed by atoms with Gasteiger partial charge < -0.3 is 4.74 Å². The van der Waals surface area contributed by atoms with Gasteiger partial charge in [0.1, 0.15) is 4.84 Å². The standard InChI is InChI=1S/C3H5ClO2.C2H4Cl2/c1-2-6-3(4)5;1-2(3)4/h2H2,1H3;2H,1H3. The summed E-state index contributed by atoms with van der Waals surface area (Å²) < 4.78 is 4.17. The van der Waals surface area contributed by atoms with E-state index in [4.69, 9.17) is 34.8 Å². The van der Waals surface area contributed by atoms with Crippen molar-refractivity contribution < 1.29 is 9.53 Å². The molecule has 10 heavy (non-hydrogen) atoms. The van der Waals surface area contributed by atoms with Crippen LogP contribution >= 0.6 is 34.8 Å². The zero-order chi connectivity index (χ0) is 8.57. The maximum absolute atomic E-state index is 9.59. The Labute approximate surface area is 75.4 Å². The van der Waals surface area contributed by atoms with Gasteiger partial charge in [-0.25, -0.2) is 4.79 Å². The minimum atomic E-state index is -0.738. The Morgan fingerprint density at radius 1 is 1.60 bits per heavy atom. The Bertz CT molecular complexity index is 82.2. The maximum Gasteiger partial charge on any atom is 0.403 e. The molecule has 0 saturated carbocycles. The number of hydrogen-bond acceptors (Lipinski definition) is 2. The summed E-state index contributed by atoms with van der Waals surface area (Å²) in [6.45, 7) is 3.74. The Morgan fingerprint density at radius 2 is 1.90 bits per heavy atom. The third-order valence-electron chi connectivity index (χ3n) is 0.258. The zero-order valence-electron chi connectivity index (χ0n) is 5.73. The predicted molar refractivity (Wildman–Crippen MR) is 44.0 cm³/mol. The molecule has 0 fully saturated rings. The fourth-order valence-corrected chi connectivity index (χ4v) is 0.223. The summed E-state index contributed by atoms with van der Waals surface area (Å²) in [5.74, 6) is 0. The van der Waals surface area contributed by atoms with Gasteiger partial charge in [-0.3, -0.25) is 0 Å². The molecule has 62 valence electrons. The van der Waals surface area contributed by atoms with Crippen LogP contribution in [0.15, 0.2) is 0 Å². The smallest absolute Gasteiger partial charge is 0.403 e. The van der Waals surface area contributed by atoms with Gasteiger partial charge in [-0.05, 0) is 13.8 Å². The predicted octanol–water partition coefficient (Wildman–Crippen LogP) is 3.19. The average molecular weight is 207 g/mol. The van der Waals surface area contributed by atoms with Crippen LogP contribution in [0.2, 0.25) is 0 Å². The number of rotatable bonds is 1. The number of carbonyl (C=O) groups is 1. The molecule has 0 unspecified atom stereocenters. The second-order valence-electron chi connectivity index (χ2n) is 1.19. The molecular formula is C5H9Cl3O2. The molecule has 0 bridgehead atoms. The lowest BCUT2D eigenvalue weighted by atomic mass is 10.9. The molecule has 0 aromatic heterocycles. The van der Waals surface area contributed by atoms with Gasteiger partial charge in [0, 0.05) is 11.6 Å². The number of hydrogen-bond donors (Lipinski definition) is 0. The quantitative estimate of drug-likeness (QED) is 0.488. The van der Waals surface area contributed by atoms with Gasteiger partial charge in [0.25, 0.3) is 0 Å². The van der Waals surface area contributed by atoms with E-state index in [2.05, 4.69) is 4.74 Å². The van der Waals surface area contributed by atoms with Crippen LogP contribution in [0.1, 0.15) is 13.8 Å². The number of halogens is 3. The van der Waals surface area contributed by atoms with Gasteiger partial charge in [0.2, 0.25) is 0 Å². The average Bonchev–Trinajstić information content (AvgIpc) is 1.62. The third-order valence-corrected chi connectivity index (χ3v) is 0.367. The van der Waals surface area contributed by atoms with Crippen molar-refractivity contribution in [3.63, 3.8) is 0 Å². The minimum Gasteiger partial charge on any atom is -0.454 e. The summed E-state index contributed by atoms with van der Waals surface area (Å²) >= 11 is 14.8. The van der Waals surface area contributed by atoms with Crippen molar-refractivity contribution in [3.05, 3.63) is 0 Å². The normalized spacial score (nSPS) is 8.20. The van der Waals surface area contributed by atoms with Gasteiger partial charge in [0.05, 0.1) is 6.61 Å². The second kappa shape index (κ2) is 9.34. The largest absolute Gasteiger partial charge is 0.454 e. The van der Waals surface area contributed by atoms with Crippen molar-refractivity contribution in [3.8, 4) is 0 Å². The van der Waals surface area contributed by atoms with Crippen LogP contribution in [0.25, 0.3) is 0 Å². The molecule has 0 aromatic carbocycles. The molecule has 0 atom stereocenters. The molecule has 0 amide bonds. The molecule has 0 radical (unpaired) electrons. The Morgan fingerprint density at radius 3 is 1.90 bits per heavy atom. The van der Waals surface area contributed by atoms with Crippen LogP contribution in [0, 0.1) is 0 Å². The van der Waals surface area contributed by atoms with E-state index in [0.29, 0.717) is 6.61 Å². The van der Waals surface area contributed by atoms with Crippen LogP contribution in [-0.2, 0) is 4.74 Å². The Hall–Kier alpha value is 0.340.